The molecule has 0 unspecified atom stereocenters. The summed E-state index contributed by atoms with van der Waals surface area (Å²) >= 11 is 1.29. The molecule has 2 aromatic rings. The lowest BCUT2D eigenvalue weighted by Gasteiger charge is -2.11. The first-order chi connectivity index (χ1) is 11.1. The second-order valence-electron chi connectivity index (χ2n) is 5.04. The highest BCUT2D eigenvalue weighted by Crippen LogP contribution is 2.24. The Balaban J connectivity index is 2.09. The summed E-state index contributed by atoms with van der Waals surface area (Å²) in [5.41, 5.74) is 0.378. The van der Waals surface area contributed by atoms with Crippen LogP contribution in [0.2, 0.25) is 0 Å². The molecule has 1 heterocycles. The van der Waals surface area contributed by atoms with Crippen LogP contribution in [-0.2, 0) is 6.54 Å². The van der Waals surface area contributed by atoms with E-state index in [2.05, 4.69) is 10.2 Å². The number of rotatable bonds is 8. The number of aromatic nitrogens is 3. The van der Waals surface area contributed by atoms with Crippen molar-refractivity contribution in [1.29, 1.82) is 0 Å². The van der Waals surface area contributed by atoms with Crippen molar-refractivity contribution in [3.8, 4) is 5.75 Å². The van der Waals surface area contributed by atoms with Crippen molar-refractivity contribution < 1.29 is 9.53 Å². The molecule has 23 heavy (non-hydrogen) atoms. The average Bonchev–Trinajstić information content (AvgIpc) is 2.89. The average molecular weight is 335 g/mol. The minimum atomic E-state index is -0.334. The second-order valence-corrected chi connectivity index (χ2v) is 6.35. The maximum Gasteiger partial charge on any atom is 0.343 e. The molecule has 0 amide bonds. The first kappa shape index (κ1) is 17.3. The van der Waals surface area contributed by atoms with Gasteiger partial charge >= 0.3 is 5.69 Å². The largest absolute Gasteiger partial charge is 0.494 e. The molecule has 0 aliphatic heterocycles. The summed E-state index contributed by atoms with van der Waals surface area (Å²) in [6, 6.07) is 7.09. The van der Waals surface area contributed by atoms with Gasteiger partial charge in [-0.05, 0) is 44.5 Å². The fourth-order valence-corrected chi connectivity index (χ4v) is 3.10. The van der Waals surface area contributed by atoms with E-state index in [4.69, 9.17) is 4.74 Å². The minimum absolute atomic E-state index is 0.00320. The van der Waals surface area contributed by atoms with Crippen LogP contribution in [0.25, 0.3) is 0 Å². The number of carbonyl (C=O) groups excluding carboxylic acids is 1. The Morgan fingerprint density at radius 1 is 1.35 bits per heavy atom. The third-order valence-electron chi connectivity index (χ3n) is 3.27. The first-order valence-electron chi connectivity index (χ1n) is 7.65. The number of nitrogens with zero attached hydrogens (tertiary/aromatic N) is 2. The Kier molecular flexibility index (Phi) is 6.04. The molecule has 0 fully saturated rings. The Hall–Kier alpha value is -2.02. The molecule has 1 atom stereocenters. The van der Waals surface area contributed by atoms with E-state index >= 15 is 0 Å². The topological polar surface area (TPSA) is 77.0 Å². The van der Waals surface area contributed by atoms with E-state index in [1.54, 1.807) is 28.8 Å². The zero-order valence-corrected chi connectivity index (χ0v) is 14.4. The van der Waals surface area contributed by atoms with E-state index in [1.807, 2.05) is 20.8 Å². The Morgan fingerprint density at radius 3 is 2.65 bits per heavy atom. The van der Waals surface area contributed by atoms with Gasteiger partial charge in [0.15, 0.2) is 10.9 Å². The van der Waals surface area contributed by atoms with Crippen molar-refractivity contribution in [3.05, 3.63) is 40.3 Å². The Bertz CT molecular complexity index is 706. The summed E-state index contributed by atoms with van der Waals surface area (Å²) < 4.78 is 6.94. The van der Waals surface area contributed by atoms with Crippen LogP contribution in [0.4, 0.5) is 0 Å². The van der Waals surface area contributed by atoms with Crippen LogP contribution in [0.5, 0.6) is 5.75 Å². The molecule has 0 bridgehead atoms. The lowest BCUT2D eigenvalue weighted by molar-refractivity contribution is 0.0994. The molecule has 1 aromatic heterocycles. The molecule has 1 N–H and O–H groups in total. The predicted octanol–water partition coefficient (Wildman–Crippen LogP) is 2.74. The third-order valence-corrected chi connectivity index (χ3v) is 4.36. The third kappa shape index (κ3) is 4.25. The highest BCUT2D eigenvalue weighted by molar-refractivity contribution is 8.00. The van der Waals surface area contributed by atoms with Crippen LogP contribution in [0.3, 0.4) is 0 Å². The number of hydrogen-bond donors (Lipinski definition) is 1. The van der Waals surface area contributed by atoms with Crippen LogP contribution < -0.4 is 10.4 Å². The van der Waals surface area contributed by atoms with E-state index in [1.165, 1.54) is 11.8 Å². The van der Waals surface area contributed by atoms with Crippen LogP contribution >= 0.6 is 11.8 Å². The van der Waals surface area contributed by atoms with Gasteiger partial charge in [-0.25, -0.2) is 9.89 Å². The molecule has 0 spiro atoms. The number of thioether (sulfide) groups is 1. The van der Waals surface area contributed by atoms with E-state index in [0.717, 1.165) is 12.2 Å². The molecule has 6 nitrogen and oxygen atoms in total. The van der Waals surface area contributed by atoms with Crippen molar-refractivity contribution in [2.45, 2.75) is 44.1 Å². The van der Waals surface area contributed by atoms with Gasteiger partial charge in [-0.1, -0.05) is 18.7 Å². The molecule has 7 heteroatoms. The zero-order chi connectivity index (χ0) is 16.8. The Labute approximate surface area is 139 Å². The van der Waals surface area contributed by atoms with Crippen molar-refractivity contribution in [2.24, 2.45) is 0 Å². The highest BCUT2D eigenvalue weighted by Gasteiger charge is 2.20. The summed E-state index contributed by atoms with van der Waals surface area (Å²) in [5, 5.41) is 6.65. The van der Waals surface area contributed by atoms with E-state index < -0.39 is 0 Å². The van der Waals surface area contributed by atoms with Crippen LogP contribution in [0.15, 0.2) is 34.2 Å². The molecule has 0 saturated carbocycles. The second kappa shape index (κ2) is 8.01. The minimum Gasteiger partial charge on any atom is -0.494 e. The number of Topliss-reactive ketones (excluding diaryl/α,β-unsaturated/α-hetero) is 1. The maximum absolute atomic E-state index is 12.5. The SMILES string of the molecule is CCCn1c(S[C@H](C)C(=O)c2ccc(OCC)cc2)n[nH]c1=O. The normalized spacial score (nSPS) is 12.1. The van der Waals surface area contributed by atoms with Gasteiger partial charge in [-0.3, -0.25) is 9.36 Å². The number of ether oxygens (including phenoxy) is 1. The molecular weight excluding hydrogens is 314 g/mol. The van der Waals surface area contributed by atoms with Gasteiger partial charge in [0, 0.05) is 12.1 Å². The number of carbonyl (C=O) groups is 1. The number of H-pyrrole nitrogens is 1. The van der Waals surface area contributed by atoms with Crippen molar-refractivity contribution in [1.82, 2.24) is 14.8 Å². The molecule has 1 aromatic carbocycles. The standard InChI is InChI=1S/C16H21N3O3S/c1-4-10-19-15(21)17-18-16(19)23-11(3)14(20)12-6-8-13(9-7-12)22-5-2/h6-9,11H,4-5,10H2,1-3H3,(H,17,21)/t11-/m1/s1. The summed E-state index contributed by atoms with van der Waals surface area (Å²) in [6.45, 7) is 6.90. The van der Waals surface area contributed by atoms with Crippen molar-refractivity contribution in [3.63, 3.8) is 0 Å². The van der Waals surface area contributed by atoms with E-state index in [0.29, 0.717) is 23.9 Å². The molecule has 0 aliphatic rings. The fraction of sp³-hybridized carbons (Fsp3) is 0.438. The maximum atomic E-state index is 12.5. The molecular formula is C16H21N3O3S. The molecule has 0 radical (unpaired) electrons. The first-order valence-corrected chi connectivity index (χ1v) is 8.53. The molecule has 124 valence electrons. The smallest absolute Gasteiger partial charge is 0.343 e. The van der Waals surface area contributed by atoms with Crippen LogP contribution in [-0.4, -0.2) is 32.4 Å². The molecule has 2 rings (SSSR count). The van der Waals surface area contributed by atoms with Crippen molar-refractivity contribution >= 4 is 17.5 Å². The van der Waals surface area contributed by atoms with E-state index in [-0.39, 0.29) is 16.7 Å². The Morgan fingerprint density at radius 2 is 2.04 bits per heavy atom. The summed E-state index contributed by atoms with van der Waals surface area (Å²) in [4.78, 5) is 24.2. The van der Waals surface area contributed by atoms with Gasteiger partial charge < -0.3 is 4.74 Å². The van der Waals surface area contributed by atoms with Gasteiger partial charge in [0.1, 0.15) is 5.75 Å². The molecule has 0 aliphatic carbocycles. The van der Waals surface area contributed by atoms with Crippen LogP contribution in [0.1, 0.15) is 37.6 Å². The van der Waals surface area contributed by atoms with Crippen molar-refractivity contribution in [2.75, 3.05) is 6.61 Å². The molecule has 0 saturated heterocycles. The number of nitrogens with one attached hydrogen (secondary N) is 1. The lowest BCUT2D eigenvalue weighted by Crippen LogP contribution is -2.19. The van der Waals surface area contributed by atoms with Gasteiger partial charge in [0.25, 0.3) is 0 Å². The number of aromatic amines is 1. The summed E-state index contributed by atoms with van der Waals surface area (Å²) in [7, 11) is 0. The zero-order valence-electron chi connectivity index (χ0n) is 13.5. The summed E-state index contributed by atoms with van der Waals surface area (Å²) in [6.07, 6.45) is 0.828. The highest BCUT2D eigenvalue weighted by atomic mass is 32.2. The lowest BCUT2D eigenvalue weighted by atomic mass is 10.1. The quantitative estimate of drug-likeness (QED) is 0.593. The number of ketones is 1. The number of benzene rings is 1. The monoisotopic (exact) mass is 335 g/mol. The van der Waals surface area contributed by atoms with Crippen LogP contribution in [0, 0.1) is 0 Å². The summed E-state index contributed by atoms with van der Waals surface area (Å²) in [5.74, 6) is 0.741. The fourth-order valence-electron chi connectivity index (χ4n) is 2.14. The van der Waals surface area contributed by atoms with E-state index in [9.17, 15) is 9.59 Å². The van der Waals surface area contributed by atoms with Gasteiger partial charge in [-0.15, -0.1) is 5.10 Å². The van der Waals surface area contributed by atoms with Gasteiger partial charge in [-0.2, -0.15) is 0 Å². The number of hydrogen-bond acceptors (Lipinski definition) is 5. The van der Waals surface area contributed by atoms with Gasteiger partial charge in [0.2, 0.25) is 0 Å². The predicted molar refractivity (Wildman–Crippen MR) is 90.4 cm³/mol. The van der Waals surface area contributed by atoms with Gasteiger partial charge in [0.05, 0.1) is 11.9 Å².